The number of rotatable bonds is 5. The molecule has 1 amide bonds. The predicted molar refractivity (Wildman–Crippen MR) is 75.0 cm³/mol. The van der Waals surface area contributed by atoms with Crippen LogP contribution in [0.1, 0.15) is 10.5 Å². The molecule has 1 aromatic carbocycles. The third kappa shape index (κ3) is 3.25. The fraction of sp³-hybridized carbons (Fsp3) is 0.250. The number of carbonyl (C=O) groups excluding carboxylic acids is 1. The Kier molecular flexibility index (Phi) is 4.54. The normalized spacial score (nSPS) is 10.3. The Balaban J connectivity index is 2.16. The molecule has 7 nitrogen and oxygen atoms in total. The number of ether oxygens (including phenoxy) is 1. The van der Waals surface area contributed by atoms with Gasteiger partial charge in [-0.1, -0.05) is 16.8 Å². The molecule has 0 saturated heterocycles. The number of nitrogens with two attached hydrogens (primary N) is 1. The first-order valence-corrected chi connectivity index (χ1v) is 6.27. The minimum Gasteiger partial charge on any atom is -0.495 e. The number of hydrogen-bond donors (Lipinski definition) is 2. The summed E-state index contributed by atoms with van der Waals surface area (Å²) < 4.78 is 6.65. The van der Waals surface area contributed by atoms with Crippen LogP contribution in [0.5, 0.6) is 5.75 Å². The highest BCUT2D eigenvalue weighted by Crippen LogP contribution is 2.27. The van der Waals surface area contributed by atoms with Gasteiger partial charge in [0.2, 0.25) is 0 Å². The first kappa shape index (κ1) is 14.3. The van der Waals surface area contributed by atoms with E-state index in [0.29, 0.717) is 29.5 Å². The van der Waals surface area contributed by atoms with E-state index in [1.54, 1.807) is 18.2 Å². The Morgan fingerprint density at radius 3 is 3.05 bits per heavy atom. The van der Waals surface area contributed by atoms with Crippen molar-refractivity contribution in [2.24, 2.45) is 5.73 Å². The van der Waals surface area contributed by atoms with Crippen molar-refractivity contribution in [3.63, 3.8) is 0 Å². The molecule has 2 rings (SSSR count). The van der Waals surface area contributed by atoms with Crippen molar-refractivity contribution in [3.8, 4) is 5.75 Å². The van der Waals surface area contributed by atoms with Crippen molar-refractivity contribution in [1.29, 1.82) is 0 Å². The Morgan fingerprint density at radius 1 is 1.55 bits per heavy atom. The molecule has 2 aromatic rings. The predicted octanol–water partition coefficient (Wildman–Crippen LogP) is 1.15. The summed E-state index contributed by atoms with van der Waals surface area (Å²) in [6.45, 7) is 0.924. The van der Waals surface area contributed by atoms with Crippen molar-refractivity contribution in [2.75, 3.05) is 19.0 Å². The second-order valence-corrected chi connectivity index (χ2v) is 4.39. The van der Waals surface area contributed by atoms with Gasteiger partial charge in [-0.05, 0) is 18.2 Å². The van der Waals surface area contributed by atoms with Crippen LogP contribution in [0.15, 0.2) is 24.4 Å². The van der Waals surface area contributed by atoms with E-state index in [1.165, 1.54) is 18.0 Å². The number of hydrogen-bond acceptors (Lipinski definition) is 5. The summed E-state index contributed by atoms with van der Waals surface area (Å²) >= 11 is 5.90. The van der Waals surface area contributed by atoms with Gasteiger partial charge in [-0.25, -0.2) is 0 Å². The fourth-order valence-corrected chi connectivity index (χ4v) is 1.78. The lowest BCUT2D eigenvalue weighted by Crippen LogP contribution is -2.13. The molecule has 0 fully saturated rings. The van der Waals surface area contributed by atoms with Crippen molar-refractivity contribution in [1.82, 2.24) is 15.0 Å². The molecular weight excluding hydrogens is 282 g/mol. The van der Waals surface area contributed by atoms with Gasteiger partial charge in [0.05, 0.1) is 25.5 Å². The van der Waals surface area contributed by atoms with Crippen LogP contribution in [0, 0.1) is 0 Å². The number of aromatic nitrogens is 3. The van der Waals surface area contributed by atoms with Gasteiger partial charge in [0.15, 0.2) is 5.69 Å². The number of benzene rings is 1. The van der Waals surface area contributed by atoms with Crippen LogP contribution in [0.25, 0.3) is 0 Å². The Hall–Kier alpha value is -2.12. The Morgan fingerprint density at radius 2 is 2.35 bits per heavy atom. The average Bonchev–Trinajstić information content (AvgIpc) is 2.88. The second kappa shape index (κ2) is 6.36. The number of nitrogens with one attached hydrogen (secondary N) is 1. The molecule has 1 heterocycles. The van der Waals surface area contributed by atoms with E-state index in [4.69, 9.17) is 22.1 Å². The Labute approximate surface area is 120 Å². The molecule has 0 unspecified atom stereocenters. The molecule has 0 aliphatic heterocycles. The van der Waals surface area contributed by atoms with Crippen LogP contribution < -0.4 is 15.8 Å². The molecule has 8 heteroatoms. The van der Waals surface area contributed by atoms with Crippen molar-refractivity contribution >= 4 is 23.2 Å². The van der Waals surface area contributed by atoms with Gasteiger partial charge in [-0.2, -0.15) is 0 Å². The first-order valence-electron chi connectivity index (χ1n) is 5.89. The zero-order valence-corrected chi connectivity index (χ0v) is 11.6. The lowest BCUT2D eigenvalue weighted by molar-refractivity contribution is 0.102. The van der Waals surface area contributed by atoms with Crippen LogP contribution in [0.4, 0.5) is 5.69 Å². The van der Waals surface area contributed by atoms with E-state index >= 15 is 0 Å². The highest BCUT2D eigenvalue weighted by molar-refractivity contribution is 6.31. The smallest absolute Gasteiger partial charge is 0.277 e. The van der Waals surface area contributed by atoms with E-state index in [1.807, 2.05) is 0 Å². The Bertz CT molecular complexity index is 614. The van der Waals surface area contributed by atoms with Crippen LogP contribution in [-0.4, -0.2) is 34.6 Å². The molecule has 0 aliphatic carbocycles. The minimum atomic E-state index is -0.395. The van der Waals surface area contributed by atoms with E-state index in [9.17, 15) is 4.79 Å². The SMILES string of the molecule is COc1ccc(Cl)cc1NC(=O)c1cn(CCN)nn1. The van der Waals surface area contributed by atoms with Gasteiger partial charge < -0.3 is 15.8 Å². The molecule has 0 atom stereocenters. The quantitative estimate of drug-likeness (QED) is 0.863. The summed E-state index contributed by atoms with van der Waals surface area (Å²) in [6, 6.07) is 4.94. The highest BCUT2D eigenvalue weighted by atomic mass is 35.5. The minimum absolute atomic E-state index is 0.195. The molecule has 3 N–H and O–H groups in total. The third-order valence-electron chi connectivity index (χ3n) is 2.54. The van der Waals surface area contributed by atoms with Crippen LogP contribution in [-0.2, 0) is 6.54 Å². The number of anilines is 1. The molecule has 0 bridgehead atoms. The number of halogens is 1. The second-order valence-electron chi connectivity index (χ2n) is 3.95. The van der Waals surface area contributed by atoms with E-state index in [0.717, 1.165) is 0 Å². The summed E-state index contributed by atoms with van der Waals surface area (Å²) in [5.41, 5.74) is 6.07. The van der Waals surface area contributed by atoms with E-state index in [2.05, 4.69) is 15.6 Å². The number of methoxy groups -OCH3 is 1. The number of amides is 1. The monoisotopic (exact) mass is 295 g/mol. The van der Waals surface area contributed by atoms with Gasteiger partial charge in [-0.3, -0.25) is 9.48 Å². The maximum Gasteiger partial charge on any atom is 0.277 e. The van der Waals surface area contributed by atoms with Crippen molar-refractivity contribution in [3.05, 3.63) is 35.1 Å². The molecule has 106 valence electrons. The number of nitrogens with zero attached hydrogens (tertiary/aromatic N) is 3. The molecular formula is C12H14ClN5O2. The summed E-state index contributed by atoms with van der Waals surface area (Å²) in [4.78, 5) is 12.1. The zero-order valence-electron chi connectivity index (χ0n) is 10.8. The fourth-order valence-electron chi connectivity index (χ4n) is 1.61. The van der Waals surface area contributed by atoms with E-state index in [-0.39, 0.29) is 5.69 Å². The molecule has 20 heavy (non-hydrogen) atoms. The lowest BCUT2D eigenvalue weighted by atomic mass is 10.3. The lowest BCUT2D eigenvalue weighted by Gasteiger charge is -2.09. The maximum atomic E-state index is 12.1. The van der Waals surface area contributed by atoms with Crippen LogP contribution in [0.2, 0.25) is 5.02 Å². The molecule has 1 aromatic heterocycles. The molecule has 0 radical (unpaired) electrons. The van der Waals surface area contributed by atoms with Gasteiger partial charge in [0.25, 0.3) is 5.91 Å². The van der Waals surface area contributed by atoms with Crippen molar-refractivity contribution in [2.45, 2.75) is 6.54 Å². The largest absolute Gasteiger partial charge is 0.495 e. The highest BCUT2D eigenvalue weighted by Gasteiger charge is 2.13. The number of carbonyl (C=O) groups is 1. The summed E-state index contributed by atoms with van der Waals surface area (Å²) in [5.74, 6) is 0.117. The van der Waals surface area contributed by atoms with E-state index < -0.39 is 5.91 Å². The van der Waals surface area contributed by atoms with Crippen molar-refractivity contribution < 1.29 is 9.53 Å². The molecule has 0 spiro atoms. The van der Waals surface area contributed by atoms with Gasteiger partial charge in [-0.15, -0.1) is 5.10 Å². The molecule has 0 saturated carbocycles. The molecule has 0 aliphatic rings. The van der Waals surface area contributed by atoms with Gasteiger partial charge in [0, 0.05) is 11.6 Å². The maximum absolute atomic E-state index is 12.1. The zero-order chi connectivity index (χ0) is 14.5. The van der Waals surface area contributed by atoms with Gasteiger partial charge >= 0.3 is 0 Å². The standard InChI is InChI=1S/C12H14ClN5O2/c1-20-11-3-2-8(13)6-9(11)15-12(19)10-7-18(5-4-14)17-16-10/h2-3,6-7H,4-5,14H2,1H3,(H,15,19). The van der Waals surface area contributed by atoms with Crippen LogP contribution in [0.3, 0.4) is 0 Å². The first-order chi connectivity index (χ1) is 9.63. The third-order valence-corrected chi connectivity index (χ3v) is 2.77. The summed E-state index contributed by atoms with van der Waals surface area (Å²) in [5, 5.41) is 10.7. The topological polar surface area (TPSA) is 95.1 Å². The average molecular weight is 296 g/mol. The van der Waals surface area contributed by atoms with Crippen LogP contribution >= 0.6 is 11.6 Å². The summed E-state index contributed by atoms with van der Waals surface area (Å²) in [7, 11) is 1.51. The summed E-state index contributed by atoms with van der Waals surface area (Å²) in [6.07, 6.45) is 1.53. The van der Waals surface area contributed by atoms with Gasteiger partial charge in [0.1, 0.15) is 5.75 Å².